The number of carbonyl (C=O) groups is 1. The van der Waals surface area contributed by atoms with Gasteiger partial charge in [0.25, 0.3) is 5.91 Å². The maximum Gasteiger partial charge on any atom is 0.263 e. The van der Waals surface area contributed by atoms with E-state index in [0.29, 0.717) is 9.23 Å². The molecule has 0 spiro atoms. The van der Waals surface area contributed by atoms with Crippen molar-refractivity contribution in [3.63, 3.8) is 0 Å². The summed E-state index contributed by atoms with van der Waals surface area (Å²) in [7, 11) is 0. The van der Waals surface area contributed by atoms with E-state index in [1.807, 2.05) is 49.4 Å². The van der Waals surface area contributed by atoms with Crippen LogP contribution < -0.4 is 5.32 Å². The molecule has 17 heavy (non-hydrogen) atoms. The highest BCUT2D eigenvalue weighted by molar-refractivity contribution is 8.26. The topological polar surface area (TPSA) is 29.1 Å². The van der Waals surface area contributed by atoms with Gasteiger partial charge in [0.05, 0.1) is 4.91 Å². The van der Waals surface area contributed by atoms with Gasteiger partial charge in [-0.3, -0.25) is 4.79 Å². The number of benzene rings is 1. The Morgan fingerprint density at radius 3 is 2.65 bits per heavy atom. The Kier molecular flexibility index (Phi) is 3.76. The second-order valence-electron chi connectivity index (χ2n) is 3.65. The summed E-state index contributed by atoms with van der Waals surface area (Å²) >= 11 is 6.23. The van der Waals surface area contributed by atoms with Crippen molar-refractivity contribution in [2.45, 2.75) is 6.92 Å². The molecule has 0 bridgehead atoms. The number of amides is 1. The highest BCUT2D eigenvalue weighted by Crippen LogP contribution is 2.25. The summed E-state index contributed by atoms with van der Waals surface area (Å²) < 4.78 is 0.522. The first kappa shape index (κ1) is 12.1. The molecule has 0 unspecified atom stereocenters. The molecule has 0 aromatic heterocycles. The largest absolute Gasteiger partial charge is 0.307 e. The molecule has 4 heteroatoms. The van der Waals surface area contributed by atoms with Crippen LogP contribution in [-0.2, 0) is 4.79 Å². The van der Waals surface area contributed by atoms with Gasteiger partial charge in [0.15, 0.2) is 0 Å². The van der Waals surface area contributed by atoms with Gasteiger partial charge in [-0.2, -0.15) is 0 Å². The van der Waals surface area contributed by atoms with Crippen LogP contribution in [0.2, 0.25) is 0 Å². The van der Waals surface area contributed by atoms with Crippen molar-refractivity contribution in [1.82, 2.24) is 5.32 Å². The number of hydrogen-bond acceptors (Lipinski definition) is 3. The molecule has 2 nitrogen and oxygen atoms in total. The van der Waals surface area contributed by atoms with Crippen molar-refractivity contribution in [3.05, 3.63) is 52.4 Å². The molecule has 0 aliphatic carbocycles. The number of thioether (sulfide) groups is 1. The Labute approximate surface area is 110 Å². The molecule has 1 aromatic rings. The number of carbonyl (C=O) groups excluding carboxylic acids is 1. The Balaban J connectivity index is 2.19. The molecule has 1 heterocycles. The predicted molar refractivity (Wildman–Crippen MR) is 76.5 cm³/mol. The van der Waals surface area contributed by atoms with Crippen molar-refractivity contribution in [3.8, 4) is 0 Å². The van der Waals surface area contributed by atoms with Crippen molar-refractivity contribution < 1.29 is 4.79 Å². The molecule has 1 N–H and O–H groups in total. The lowest BCUT2D eigenvalue weighted by molar-refractivity contribution is -0.115. The minimum atomic E-state index is -0.110. The summed E-state index contributed by atoms with van der Waals surface area (Å²) in [4.78, 5) is 12.1. The van der Waals surface area contributed by atoms with Crippen molar-refractivity contribution in [2.24, 2.45) is 0 Å². The minimum absolute atomic E-state index is 0.110. The van der Waals surface area contributed by atoms with Gasteiger partial charge < -0.3 is 5.32 Å². The molecular weight excluding hydrogens is 250 g/mol. The third-order valence-corrected chi connectivity index (χ3v) is 3.36. The Morgan fingerprint density at radius 2 is 2.06 bits per heavy atom. The second kappa shape index (κ2) is 5.29. The summed E-state index contributed by atoms with van der Waals surface area (Å²) in [5, 5.41) is 2.60. The number of thiocarbonyl (C=S) groups is 1. The third-order valence-electron chi connectivity index (χ3n) is 2.19. The zero-order valence-corrected chi connectivity index (χ0v) is 10.9. The summed E-state index contributed by atoms with van der Waals surface area (Å²) in [5.74, 6) is -0.110. The molecule has 1 fully saturated rings. The van der Waals surface area contributed by atoms with E-state index in [2.05, 4.69) is 5.32 Å². The van der Waals surface area contributed by atoms with Crippen LogP contribution in [0, 0.1) is 0 Å². The van der Waals surface area contributed by atoms with Crippen LogP contribution in [0.1, 0.15) is 12.5 Å². The lowest BCUT2D eigenvalue weighted by Gasteiger charge is -1.96. The first-order valence-electron chi connectivity index (χ1n) is 5.13. The zero-order valence-electron chi connectivity index (χ0n) is 9.27. The molecular formula is C13H11NOS2. The fraction of sp³-hybridized carbons (Fsp3) is 0.0769. The molecule has 1 aliphatic heterocycles. The molecule has 0 radical (unpaired) electrons. The van der Waals surface area contributed by atoms with Gasteiger partial charge in [0, 0.05) is 0 Å². The highest BCUT2D eigenvalue weighted by atomic mass is 32.2. The molecule has 2 rings (SSSR count). The molecule has 1 aromatic carbocycles. The van der Waals surface area contributed by atoms with Crippen molar-refractivity contribution >= 4 is 40.3 Å². The lowest BCUT2D eigenvalue weighted by atomic mass is 10.1. The van der Waals surface area contributed by atoms with Gasteiger partial charge in [0.2, 0.25) is 0 Å². The smallest absolute Gasteiger partial charge is 0.263 e. The predicted octanol–water partition coefficient (Wildman–Crippen LogP) is 3.12. The van der Waals surface area contributed by atoms with Crippen molar-refractivity contribution in [1.29, 1.82) is 0 Å². The van der Waals surface area contributed by atoms with Crippen molar-refractivity contribution in [2.75, 3.05) is 0 Å². The number of nitrogens with one attached hydrogen (secondary N) is 1. The average molecular weight is 261 g/mol. The van der Waals surface area contributed by atoms with Gasteiger partial charge in [-0.1, -0.05) is 60.4 Å². The first-order valence-corrected chi connectivity index (χ1v) is 6.36. The Hall–Kier alpha value is -1.39. The second-order valence-corrected chi connectivity index (χ2v) is 5.37. The number of rotatable bonds is 2. The first-order chi connectivity index (χ1) is 8.15. The Bertz CT molecular complexity index is 517. The molecule has 0 atom stereocenters. The van der Waals surface area contributed by atoms with Gasteiger partial charge >= 0.3 is 0 Å². The quantitative estimate of drug-likeness (QED) is 0.655. The van der Waals surface area contributed by atoms with Crippen LogP contribution in [0.25, 0.3) is 6.08 Å². The standard InChI is InChI=1S/C13H11NOS2/c1-9(7-10-5-3-2-4-6-10)8-11-12(15)14-13(16)17-11/h2-8H,1H3,(H,14,15,16). The van der Waals surface area contributed by atoms with Gasteiger partial charge in [0.1, 0.15) is 4.32 Å². The van der Waals surface area contributed by atoms with E-state index in [-0.39, 0.29) is 5.91 Å². The summed E-state index contributed by atoms with van der Waals surface area (Å²) in [6.45, 7) is 1.97. The molecule has 1 amide bonds. The van der Waals surface area contributed by atoms with Gasteiger partial charge in [-0.05, 0) is 24.1 Å². The number of allylic oxidation sites excluding steroid dienone is 2. The third kappa shape index (κ3) is 3.28. The van der Waals surface area contributed by atoms with Gasteiger partial charge in [-0.15, -0.1) is 0 Å². The van der Waals surface area contributed by atoms with Crippen LogP contribution >= 0.6 is 24.0 Å². The van der Waals surface area contributed by atoms with Gasteiger partial charge in [-0.25, -0.2) is 0 Å². The van der Waals surface area contributed by atoms with E-state index in [1.54, 1.807) is 0 Å². The fourth-order valence-corrected chi connectivity index (χ4v) is 2.58. The monoisotopic (exact) mass is 261 g/mol. The average Bonchev–Trinajstić information content (AvgIpc) is 2.58. The lowest BCUT2D eigenvalue weighted by Crippen LogP contribution is -2.17. The Morgan fingerprint density at radius 1 is 1.35 bits per heavy atom. The van der Waals surface area contributed by atoms with E-state index < -0.39 is 0 Å². The van der Waals surface area contributed by atoms with Crippen LogP contribution in [0.5, 0.6) is 0 Å². The van der Waals surface area contributed by atoms with E-state index in [4.69, 9.17) is 12.2 Å². The van der Waals surface area contributed by atoms with E-state index in [1.165, 1.54) is 11.8 Å². The van der Waals surface area contributed by atoms with E-state index in [9.17, 15) is 4.79 Å². The zero-order chi connectivity index (χ0) is 12.3. The summed E-state index contributed by atoms with van der Waals surface area (Å²) in [6, 6.07) is 9.99. The normalized spacial score (nSPS) is 18.6. The fourth-order valence-electron chi connectivity index (χ4n) is 1.48. The van der Waals surface area contributed by atoms with Crippen LogP contribution in [0.4, 0.5) is 0 Å². The van der Waals surface area contributed by atoms with Crippen LogP contribution in [0.15, 0.2) is 46.9 Å². The maximum atomic E-state index is 11.5. The molecule has 86 valence electrons. The highest BCUT2D eigenvalue weighted by Gasteiger charge is 2.21. The molecule has 1 aliphatic rings. The molecule has 1 saturated heterocycles. The van der Waals surface area contributed by atoms with E-state index in [0.717, 1.165) is 11.1 Å². The van der Waals surface area contributed by atoms with Crippen LogP contribution in [-0.4, -0.2) is 10.2 Å². The summed E-state index contributed by atoms with van der Waals surface area (Å²) in [5.41, 5.74) is 2.14. The molecule has 0 saturated carbocycles. The van der Waals surface area contributed by atoms with Crippen LogP contribution in [0.3, 0.4) is 0 Å². The minimum Gasteiger partial charge on any atom is -0.307 e. The SMILES string of the molecule is CC(=Cc1ccccc1)C=C1SC(=S)NC1=O. The summed E-state index contributed by atoms with van der Waals surface area (Å²) in [6.07, 6.45) is 3.88. The maximum absolute atomic E-state index is 11.5. The van der Waals surface area contributed by atoms with E-state index >= 15 is 0 Å². The number of hydrogen-bond donors (Lipinski definition) is 1.